The normalized spacial score (nSPS) is 15.9. The van der Waals surface area contributed by atoms with E-state index >= 15 is 0 Å². The molecule has 0 aliphatic heterocycles. The summed E-state index contributed by atoms with van der Waals surface area (Å²) >= 11 is 0. The smallest absolute Gasteiger partial charge is 0.360 e. The average molecular weight is 223 g/mol. The van der Waals surface area contributed by atoms with Crippen LogP contribution in [0.4, 0.5) is 0 Å². The summed E-state index contributed by atoms with van der Waals surface area (Å²) in [6.45, 7) is 4.89. The summed E-state index contributed by atoms with van der Waals surface area (Å²) in [5, 5.41) is 7.89. The van der Waals surface area contributed by atoms with Gasteiger partial charge >= 0.3 is 5.97 Å². The number of hydrogen-bond acceptors (Lipinski definition) is 4. The Labute approximate surface area is 94.8 Å². The fourth-order valence-corrected chi connectivity index (χ4v) is 1.84. The number of nitrogens with zero attached hydrogens (tertiary/aromatic N) is 3. The molecule has 1 fully saturated rings. The van der Waals surface area contributed by atoms with Gasteiger partial charge in [-0.25, -0.2) is 9.48 Å². The summed E-state index contributed by atoms with van der Waals surface area (Å²) in [6, 6.07) is 0. The van der Waals surface area contributed by atoms with E-state index in [0.29, 0.717) is 18.2 Å². The largest absolute Gasteiger partial charge is 0.461 e. The molecule has 5 nitrogen and oxygen atoms in total. The molecule has 1 aliphatic carbocycles. The minimum atomic E-state index is -0.375. The number of carbonyl (C=O) groups excluding carboxylic acids is 1. The van der Waals surface area contributed by atoms with Crippen LogP contribution in [-0.4, -0.2) is 27.6 Å². The van der Waals surface area contributed by atoms with Crippen LogP contribution in [0, 0.1) is 12.8 Å². The molecule has 1 aromatic heterocycles. The van der Waals surface area contributed by atoms with Crippen LogP contribution < -0.4 is 0 Å². The first-order valence-electron chi connectivity index (χ1n) is 5.79. The van der Waals surface area contributed by atoms with Crippen LogP contribution in [0.15, 0.2) is 0 Å². The fourth-order valence-electron chi connectivity index (χ4n) is 1.84. The molecule has 0 N–H and O–H groups in total. The van der Waals surface area contributed by atoms with Gasteiger partial charge in [0, 0.05) is 6.54 Å². The number of hydrogen-bond donors (Lipinski definition) is 0. The quantitative estimate of drug-likeness (QED) is 0.727. The van der Waals surface area contributed by atoms with E-state index in [2.05, 4.69) is 10.3 Å². The van der Waals surface area contributed by atoms with E-state index in [1.807, 2.05) is 11.6 Å². The molecule has 88 valence electrons. The highest BCUT2D eigenvalue weighted by atomic mass is 16.5. The summed E-state index contributed by atoms with van der Waals surface area (Å²) < 4.78 is 6.73. The molecule has 0 bridgehead atoms. The van der Waals surface area contributed by atoms with Gasteiger partial charge in [-0.2, -0.15) is 0 Å². The Morgan fingerprint density at radius 2 is 2.31 bits per heavy atom. The topological polar surface area (TPSA) is 57.0 Å². The maximum atomic E-state index is 11.5. The van der Waals surface area contributed by atoms with E-state index < -0.39 is 0 Å². The van der Waals surface area contributed by atoms with Crippen LogP contribution in [0.1, 0.15) is 42.4 Å². The average Bonchev–Trinajstić information content (AvgIpc) is 2.54. The molecule has 16 heavy (non-hydrogen) atoms. The Kier molecular flexibility index (Phi) is 3.22. The molecule has 0 atom stereocenters. The lowest BCUT2D eigenvalue weighted by Crippen LogP contribution is -2.19. The Bertz CT molecular complexity index is 383. The molecule has 0 amide bonds. The zero-order valence-corrected chi connectivity index (χ0v) is 9.77. The van der Waals surface area contributed by atoms with Crippen molar-refractivity contribution >= 4 is 5.97 Å². The minimum absolute atomic E-state index is 0.348. The van der Waals surface area contributed by atoms with Gasteiger partial charge in [-0.15, -0.1) is 5.10 Å². The monoisotopic (exact) mass is 223 g/mol. The van der Waals surface area contributed by atoms with Crippen LogP contribution in [0.2, 0.25) is 0 Å². The molecule has 0 spiro atoms. The van der Waals surface area contributed by atoms with Crippen molar-refractivity contribution in [1.29, 1.82) is 0 Å². The summed E-state index contributed by atoms with van der Waals surface area (Å²) in [6.07, 6.45) is 3.82. The molecule has 5 heteroatoms. The highest BCUT2D eigenvalue weighted by Gasteiger charge is 2.22. The van der Waals surface area contributed by atoms with Crippen LogP contribution in [-0.2, 0) is 11.3 Å². The van der Waals surface area contributed by atoms with E-state index in [1.54, 1.807) is 6.92 Å². The zero-order chi connectivity index (χ0) is 11.5. The first-order valence-corrected chi connectivity index (χ1v) is 5.79. The molecule has 1 aromatic rings. The molecule has 0 aromatic carbocycles. The standard InChI is InChI=1S/C11H17N3O2/c1-3-16-11(15)10-8(2)14(13-12-10)7-9-5-4-6-9/h9H,3-7H2,1-2H3. The van der Waals surface area contributed by atoms with Gasteiger partial charge in [-0.1, -0.05) is 11.6 Å². The Morgan fingerprint density at radius 1 is 1.56 bits per heavy atom. The Balaban J connectivity index is 2.06. The molecule has 0 saturated heterocycles. The fraction of sp³-hybridized carbons (Fsp3) is 0.727. The first-order chi connectivity index (χ1) is 7.72. The van der Waals surface area contributed by atoms with Gasteiger partial charge in [0.2, 0.25) is 0 Å². The predicted octanol–water partition coefficient (Wildman–Crippen LogP) is 1.56. The summed E-state index contributed by atoms with van der Waals surface area (Å²) in [5.41, 5.74) is 1.16. The van der Waals surface area contributed by atoms with Crippen LogP contribution in [0.25, 0.3) is 0 Å². The molecule has 1 aliphatic rings. The van der Waals surface area contributed by atoms with Gasteiger partial charge in [0.15, 0.2) is 5.69 Å². The molecular formula is C11H17N3O2. The Morgan fingerprint density at radius 3 is 2.88 bits per heavy atom. The number of carbonyl (C=O) groups is 1. The van der Waals surface area contributed by atoms with Crippen molar-refractivity contribution < 1.29 is 9.53 Å². The van der Waals surface area contributed by atoms with Crippen molar-refractivity contribution in [1.82, 2.24) is 15.0 Å². The SMILES string of the molecule is CCOC(=O)c1nnn(CC2CCC2)c1C. The number of ether oxygens (including phenoxy) is 1. The van der Waals surface area contributed by atoms with Crippen molar-refractivity contribution in [2.45, 2.75) is 39.7 Å². The second-order valence-electron chi connectivity index (χ2n) is 4.22. The highest BCUT2D eigenvalue weighted by molar-refractivity contribution is 5.88. The van der Waals surface area contributed by atoms with E-state index in [4.69, 9.17) is 4.74 Å². The third-order valence-corrected chi connectivity index (χ3v) is 3.11. The lowest BCUT2D eigenvalue weighted by molar-refractivity contribution is 0.0518. The molecule has 1 heterocycles. The van der Waals surface area contributed by atoms with Crippen LogP contribution >= 0.6 is 0 Å². The van der Waals surface area contributed by atoms with Crippen molar-refractivity contribution in [2.24, 2.45) is 5.92 Å². The molecule has 1 saturated carbocycles. The number of aromatic nitrogens is 3. The lowest BCUT2D eigenvalue weighted by Gasteiger charge is -2.25. The van der Waals surface area contributed by atoms with E-state index in [-0.39, 0.29) is 5.97 Å². The van der Waals surface area contributed by atoms with E-state index in [0.717, 1.165) is 12.2 Å². The number of esters is 1. The molecule has 2 rings (SSSR count). The van der Waals surface area contributed by atoms with Crippen molar-refractivity contribution in [3.63, 3.8) is 0 Å². The van der Waals surface area contributed by atoms with Gasteiger partial charge < -0.3 is 4.74 Å². The zero-order valence-electron chi connectivity index (χ0n) is 9.77. The van der Waals surface area contributed by atoms with Gasteiger partial charge in [0.05, 0.1) is 12.3 Å². The lowest BCUT2D eigenvalue weighted by atomic mass is 9.85. The summed E-state index contributed by atoms with van der Waals surface area (Å²) in [5.74, 6) is 0.329. The highest BCUT2D eigenvalue weighted by Crippen LogP contribution is 2.28. The van der Waals surface area contributed by atoms with Gasteiger partial charge in [0.1, 0.15) is 0 Å². The first kappa shape index (κ1) is 11.1. The third kappa shape index (κ3) is 2.08. The van der Waals surface area contributed by atoms with Crippen molar-refractivity contribution in [2.75, 3.05) is 6.61 Å². The van der Waals surface area contributed by atoms with E-state index in [9.17, 15) is 4.79 Å². The van der Waals surface area contributed by atoms with Crippen LogP contribution in [0.3, 0.4) is 0 Å². The molecule has 0 radical (unpaired) electrons. The van der Waals surface area contributed by atoms with E-state index in [1.165, 1.54) is 19.3 Å². The third-order valence-electron chi connectivity index (χ3n) is 3.11. The van der Waals surface area contributed by atoms with Gasteiger partial charge in [-0.3, -0.25) is 0 Å². The minimum Gasteiger partial charge on any atom is -0.461 e. The molecule has 0 unspecified atom stereocenters. The predicted molar refractivity (Wildman–Crippen MR) is 58.1 cm³/mol. The summed E-state index contributed by atoms with van der Waals surface area (Å²) in [4.78, 5) is 11.5. The molecular weight excluding hydrogens is 206 g/mol. The maximum absolute atomic E-state index is 11.5. The van der Waals surface area contributed by atoms with Gasteiger partial charge in [-0.05, 0) is 32.6 Å². The van der Waals surface area contributed by atoms with Crippen LogP contribution in [0.5, 0.6) is 0 Å². The second kappa shape index (κ2) is 4.63. The van der Waals surface area contributed by atoms with Gasteiger partial charge in [0.25, 0.3) is 0 Å². The summed E-state index contributed by atoms with van der Waals surface area (Å²) in [7, 11) is 0. The van der Waals surface area contributed by atoms with Crippen molar-refractivity contribution in [3.05, 3.63) is 11.4 Å². The number of rotatable bonds is 4. The second-order valence-corrected chi connectivity index (χ2v) is 4.22. The maximum Gasteiger partial charge on any atom is 0.360 e. The Hall–Kier alpha value is -1.39. The van der Waals surface area contributed by atoms with Crippen molar-refractivity contribution in [3.8, 4) is 0 Å².